The number of rotatable bonds is 1. The van der Waals surface area contributed by atoms with Crippen molar-refractivity contribution in [2.45, 2.75) is 39.0 Å². The topological polar surface area (TPSA) is 104 Å². The Hall–Kier alpha value is -2.93. The number of Topliss-reactive ketones (excluding diaryl/α,β-unsaturated/α-hetero) is 1. The van der Waals surface area contributed by atoms with Crippen LogP contribution in [0, 0.1) is 23.7 Å². The monoisotopic (exact) mass is 425 g/mol. The molecule has 1 unspecified atom stereocenters. The first-order valence-electron chi connectivity index (χ1n) is 9.09. The molecule has 30 heavy (non-hydrogen) atoms. The molecule has 0 amide bonds. The largest absolute Gasteiger partial charge is 0.490 e. The molecule has 0 bridgehead atoms. The number of ketones is 1. The van der Waals surface area contributed by atoms with Gasteiger partial charge < -0.3 is 14.7 Å². The van der Waals surface area contributed by atoms with Crippen LogP contribution in [0.4, 0.5) is 18.9 Å². The van der Waals surface area contributed by atoms with Crippen molar-refractivity contribution in [3.05, 3.63) is 35.7 Å². The number of carboxylic acid groups (broad SMARTS) is 1. The fourth-order valence-corrected chi connectivity index (χ4v) is 3.52. The molecule has 1 spiro atoms. The lowest BCUT2D eigenvalue weighted by Crippen LogP contribution is -2.55. The van der Waals surface area contributed by atoms with Crippen molar-refractivity contribution in [2.24, 2.45) is 5.41 Å². The van der Waals surface area contributed by atoms with E-state index >= 15 is 0 Å². The molecule has 1 aromatic heterocycles. The Morgan fingerprint density at radius 1 is 1.37 bits per heavy atom. The highest BCUT2D eigenvalue weighted by Crippen LogP contribution is 2.41. The van der Waals surface area contributed by atoms with E-state index in [0.29, 0.717) is 19.6 Å². The summed E-state index contributed by atoms with van der Waals surface area (Å²) in [5, 5.41) is 16.4. The summed E-state index contributed by atoms with van der Waals surface area (Å²) >= 11 is 0. The molecule has 0 aromatic carbocycles. The maximum absolute atomic E-state index is 12.3. The van der Waals surface area contributed by atoms with Gasteiger partial charge in [0.2, 0.25) is 0 Å². The van der Waals surface area contributed by atoms with E-state index in [-0.39, 0.29) is 11.4 Å². The molecule has 1 aliphatic heterocycles. The van der Waals surface area contributed by atoms with Crippen molar-refractivity contribution in [3.63, 3.8) is 0 Å². The average molecular weight is 425 g/mol. The van der Waals surface area contributed by atoms with Crippen LogP contribution in [-0.2, 0) is 14.3 Å². The number of halogens is 3. The zero-order valence-electron chi connectivity index (χ0n) is 16.8. The predicted molar refractivity (Wildman–Crippen MR) is 101 cm³/mol. The molecule has 1 fully saturated rings. The third-order valence-corrected chi connectivity index (χ3v) is 4.84. The molecule has 1 atom stereocenters. The second kappa shape index (κ2) is 8.44. The number of aromatic nitrogens is 1. The van der Waals surface area contributed by atoms with Gasteiger partial charge in [-0.3, -0.25) is 9.78 Å². The molecule has 162 valence electrons. The van der Waals surface area contributed by atoms with Crippen LogP contribution in [0.25, 0.3) is 0 Å². The molecule has 1 N–H and O–H groups in total. The maximum atomic E-state index is 12.3. The summed E-state index contributed by atoms with van der Waals surface area (Å²) in [4.78, 5) is 27.8. The first kappa shape index (κ1) is 23.3. The van der Waals surface area contributed by atoms with Gasteiger partial charge in [-0.05, 0) is 31.6 Å². The molecule has 2 heterocycles. The summed E-state index contributed by atoms with van der Waals surface area (Å²) in [6.45, 7) is 7.69. The third-order valence-electron chi connectivity index (χ3n) is 4.84. The first-order chi connectivity index (χ1) is 13.8. The van der Waals surface area contributed by atoms with Gasteiger partial charge in [-0.15, -0.1) is 0 Å². The summed E-state index contributed by atoms with van der Waals surface area (Å²) < 4.78 is 37.8. The fourth-order valence-electron chi connectivity index (χ4n) is 3.52. The highest BCUT2D eigenvalue weighted by molar-refractivity contribution is 6.04. The number of carbonyl (C=O) groups excluding carboxylic acids is 1. The number of hydrogen-bond acceptors (Lipinski definition) is 6. The number of nitrogens with zero attached hydrogens (tertiary/aromatic N) is 3. The summed E-state index contributed by atoms with van der Waals surface area (Å²) in [7, 11) is 0. The van der Waals surface area contributed by atoms with Crippen molar-refractivity contribution in [1.29, 1.82) is 5.26 Å². The molecule has 0 radical (unpaired) electrons. The van der Waals surface area contributed by atoms with Gasteiger partial charge in [0.1, 0.15) is 11.7 Å². The standard InChI is InChI=1S/C18H21N3O2.C2HF3O2/c1-13-4-5-15(10-20-13)21-6-7-23-18(12-21)8-14(9-19)16(22)17(2,3)11-18;3-2(4,5)1(6)7/h4-5,8,10H,6-7,11-12H2,1-3H3;(H,6,7). The molecular weight excluding hydrogens is 403 g/mol. The Bertz CT molecular complexity index is 888. The zero-order chi connectivity index (χ0) is 22.7. The number of carboxylic acids is 1. The number of aliphatic carboxylic acids is 1. The molecule has 1 aromatic rings. The lowest BCUT2D eigenvalue weighted by Gasteiger charge is -2.47. The quantitative estimate of drug-likeness (QED) is 0.738. The molecule has 3 rings (SSSR count). The second-order valence-electron chi connectivity index (χ2n) is 7.86. The number of anilines is 1. The van der Waals surface area contributed by atoms with Crippen molar-refractivity contribution in [3.8, 4) is 6.07 Å². The van der Waals surface area contributed by atoms with Crippen LogP contribution in [0.2, 0.25) is 0 Å². The van der Waals surface area contributed by atoms with Crippen LogP contribution in [0.3, 0.4) is 0 Å². The van der Waals surface area contributed by atoms with E-state index in [2.05, 4.69) is 16.0 Å². The van der Waals surface area contributed by atoms with Crippen LogP contribution in [-0.4, -0.2) is 53.3 Å². The zero-order valence-corrected chi connectivity index (χ0v) is 16.8. The van der Waals surface area contributed by atoms with E-state index in [4.69, 9.17) is 14.6 Å². The molecule has 0 saturated carbocycles. The lowest BCUT2D eigenvalue weighted by molar-refractivity contribution is -0.192. The van der Waals surface area contributed by atoms with Crippen molar-refractivity contribution in [1.82, 2.24) is 4.98 Å². The number of allylic oxidation sites excluding steroid dienone is 1. The first-order valence-corrected chi connectivity index (χ1v) is 9.09. The van der Waals surface area contributed by atoms with E-state index in [0.717, 1.165) is 17.9 Å². The number of nitriles is 1. The van der Waals surface area contributed by atoms with Gasteiger partial charge in [0.15, 0.2) is 5.78 Å². The average Bonchev–Trinajstić information content (AvgIpc) is 2.65. The van der Waals surface area contributed by atoms with Gasteiger partial charge >= 0.3 is 12.1 Å². The van der Waals surface area contributed by atoms with Gasteiger partial charge in [-0.2, -0.15) is 18.4 Å². The van der Waals surface area contributed by atoms with Gasteiger partial charge in [-0.25, -0.2) is 4.79 Å². The summed E-state index contributed by atoms with van der Waals surface area (Å²) in [6.07, 6.45) is -0.906. The van der Waals surface area contributed by atoms with E-state index in [1.807, 2.05) is 39.1 Å². The third kappa shape index (κ3) is 5.36. The van der Waals surface area contributed by atoms with Gasteiger partial charge in [-0.1, -0.05) is 13.8 Å². The van der Waals surface area contributed by atoms with E-state index < -0.39 is 23.2 Å². The van der Waals surface area contributed by atoms with Crippen molar-refractivity contribution < 1.29 is 32.6 Å². The number of carbonyl (C=O) groups is 2. The van der Waals surface area contributed by atoms with E-state index in [1.165, 1.54) is 0 Å². The minimum atomic E-state index is -5.08. The minimum absolute atomic E-state index is 0.0941. The Morgan fingerprint density at radius 3 is 2.50 bits per heavy atom. The lowest BCUT2D eigenvalue weighted by atomic mass is 9.69. The number of aryl methyl sites for hydroxylation is 1. The summed E-state index contributed by atoms with van der Waals surface area (Å²) in [5.74, 6) is -2.85. The van der Waals surface area contributed by atoms with E-state index in [9.17, 15) is 23.2 Å². The second-order valence-corrected chi connectivity index (χ2v) is 7.86. The molecule has 1 aliphatic carbocycles. The number of alkyl halides is 3. The SMILES string of the molecule is Cc1ccc(N2CCOC3(C=C(C#N)C(=O)C(C)(C)C3)C2)cn1.O=C(O)C(F)(F)F. The Morgan fingerprint density at radius 2 is 2.00 bits per heavy atom. The Labute approximate surface area is 171 Å². The van der Waals surface area contributed by atoms with Crippen LogP contribution in [0.5, 0.6) is 0 Å². The smallest absolute Gasteiger partial charge is 0.475 e. The van der Waals surface area contributed by atoms with Crippen LogP contribution in [0.15, 0.2) is 30.0 Å². The summed E-state index contributed by atoms with van der Waals surface area (Å²) in [5.41, 5.74) is 1.05. The molecule has 2 aliphatic rings. The van der Waals surface area contributed by atoms with Crippen LogP contribution in [0.1, 0.15) is 26.0 Å². The van der Waals surface area contributed by atoms with Crippen molar-refractivity contribution >= 4 is 17.4 Å². The predicted octanol–water partition coefficient (Wildman–Crippen LogP) is 3.05. The number of ether oxygens (including phenoxy) is 1. The highest BCUT2D eigenvalue weighted by atomic mass is 19.4. The van der Waals surface area contributed by atoms with Gasteiger partial charge in [0.05, 0.1) is 30.6 Å². The molecular formula is C20H22F3N3O4. The molecule has 7 nitrogen and oxygen atoms in total. The number of hydrogen-bond donors (Lipinski definition) is 1. The summed E-state index contributed by atoms with van der Waals surface area (Å²) in [6, 6.07) is 6.08. The van der Waals surface area contributed by atoms with E-state index in [1.54, 1.807) is 6.08 Å². The van der Waals surface area contributed by atoms with Gasteiger partial charge in [0, 0.05) is 17.7 Å². The number of morpholine rings is 1. The van der Waals surface area contributed by atoms with Crippen molar-refractivity contribution in [2.75, 3.05) is 24.6 Å². The highest BCUT2D eigenvalue weighted by Gasteiger charge is 2.48. The fraction of sp³-hybridized carbons (Fsp3) is 0.500. The normalized spacial score (nSPS) is 23.2. The van der Waals surface area contributed by atoms with Gasteiger partial charge in [0.25, 0.3) is 0 Å². The number of pyridine rings is 1. The minimum Gasteiger partial charge on any atom is -0.475 e. The Kier molecular flexibility index (Phi) is 6.57. The molecule has 10 heteroatoms. The maximum Gasteiger partial charge on any atom is 0.490 e. The Balaban J connectivity index is 0.000000396. The van der Waals surface area contributed by atoms with Crippen LogP contribution < -0.4 is 4.90 Å². The van der Waals surface area contributed by atoms with Crippen LogP contribution >= 0.6 is 0 Å². The molecule has 1 saturated heterocycles.